The van der Waals surface area contributed by atoms with Gasteiger partial charge < -0.3 is 9.88 Å². The molecule has 0 radical (unpaired) electrons. The zero-order valence-corrected chi connectivity index (χ0v) is 18.7. The van der Waals surface area contributed by atoms with E-state index < -0.39 is 0 Å². The Hall–Kier alpha value is -3.41. The number of aryl methyl sites for hydroxylation is 1. The van der Waals surface area contributed by atoms with Crippen LogP contribution in [0.5, 0.6) is 0 Å². The van der Waals surface area contributed by atoms with Crippen LogP contribution >= 0.6 is 0 Å². The number of nitrogens with one attached hydrogen (secondary N) is 1. The fourth-order valence-electron chi connectivity index (χ4n) is 4.86. The van der Waals surface area contributed by atoms with Crippen LogP contribution in [0.3, 0.4) is 0 Å². The Bertz CT molecular complexity index is 1240. The molecule has 1 aliphatic rings. The molecule has 2 aromatic carbocycles. The van der Waals surface area contributed by atoms with Crippen molar-refractivity contribution in [2.75, 3.05) is 0 Å². The van der Waals surface area contributed by atoms with Crippen LogP contribution in [0.1, 0.15) is 32.6 Å². The van der Waals surface area contributed by atoms with E-state index in [0.717, 1.165) is 37.1 Å². The summed E-state index contributed by atoms with van der Waals surface area (Å²) in [7, 11) is 2.07. The van der Waals surface area contributed by atoms with Gasteiger partial charge in [0.25, 0.3) is 0 Å². The van der Waals surface area contributed by atoms with Crippen molar-refractivity contribution >= 4 is 16.8 Å². The minimum atomic E-state index is 0.142. The van der Waals surface area contributed by atoms with Crippen LogP contribution in [0.4, 0.5) is 0 Å². The van der Waals surface area contributed by atoms with E-state index in [1.165, 1.54) is 22.0 Å². The van der Waals surface area contributed by atoms with E-state index in [0.29, 0.717) is 18.4 Å². The first-order valence-electron chi connectivity index (χ1n) is 11.4. The fourth-order valence-corrected chi connectivity index (χ4v) is 4.86. The van der Waals surface area contributed by atoms with Gasteiger partial charge in [0.2, 0.25) is 5.91 Å². The monoisotopic (exact) mass is 427 g/mol. The van der Waals surface area contributed by atoms with E-state index in [4.69, 9.17) is 0 Å². The van der Waals surface area contributed by atoms with Crippen molar-refractivity contribution < 1.29 is 4.79 Å². The lowest BCUT2D eigenvalue weighted by molar-refractivity contribution is -0.121. The lowest BCUT2D eigenvalue weighted by Crippen LogP contribution is -2.32. The van der Waals surface area contributed by atoms with Crippen molar-refractivity contribution in [3.8, 4) is 22.4 Å². The molecule has 1 N–H and O–H groups in total. The number of hydrogen-bond donors (Lipinski definition) is 1. The van der Waals surface area contributed by atoms with Crippen LogP contribution in [0.15, 0.2) is 60.9 Å². The van der Waals surface area contributed by atoms with Crippen molar-refractivity contribution in [2.45, 2.75) is 45.2 Å². The second-order valence-corrected chi connectivity index (χ2v) is 8.88. The summed E-state index contributed by atoms with van der Waals surface area (Å²) >= 11 is 0. The highest BCUT2D eigenvalue weighted by Gasteiger charge is 2.26. The summed E-state index contributed by atoms with van der Waals surface area (Å²) in [5.74, 6) is 0.651. The van der Waals surface area contributed by atoms with Gasteiger partial charge in [-0.25, -0.2) is 4.68 Å². The molecule has 2 atom stereocenters. The van der Waals surface area contributed by atoms with Gasteiger partial charge in [-0.05, 0) is 54.5 Å². The molecular weight excluding hydrogens is 398 g/mol. The molecule has 0 bridgehead atoms. The second-order valence-electron chi connectivity index (χ2n) is 8.88. The van der Waals surface area contributed by atoms with Crippen molar-refractivity contribution in [1.82, 2.24) is 24.9 Å². The minimum Gasteiger partial charge on any atom is -0.353 e. The predicted molar refractivity (Wildman–Crippen MR) is 127 cm³/mol. The number of fused-ring (bicyclic) bond motifs is 1. The first kappa shape index (κ1) is 20.5. The van der Waals surface area contributed by atoms with Crippen LogP contribution in [0, 0.1) is 5.92 Å². The highest BCUT2D eigenvalue weighted by Crippen LogP contribution is 2.30. The van der Waals surface area contributed by atoms with Crippen LogP contribution in [0.2, 0.25) is 0 Å². The van der Waals surface area contributed by atoms with Crippen LogP contribution in [0.25, 0.3) is 33.3 Å². The number of nitrogens with zero attached hydrogens (tertiary/aromatic N) is 4. The lowest BCUT2D eigenvalue weighted by Gasteiger charge is -2.14. The van der Waals surface area contributed by atoms with E-state index in [1.54, 1.807) is 0 Å². The van der Waals surface area contributed by atoms with E-state index in [2.05, 4.69) is 82.0 Å². The third-order valence-corrected chi connectivity index (χ3v) is 6.68. The summed E-state index contributed by atoms with van der Waals surface area (Å²) in [4.78, 5) is 11.7. The Balaban J connectivity index is 1.30. The number of carbonyl (C=O) groups excluding carboxylic acids is 1. The van der Waals surface area contributed by atoms with Gasteiger partial charge in [-0.1, -0.05) is 42.5 Å². The molecule has 0 unspecified atom stereocenters. The lowest BCUT2D eigenvalue weighted by atomic mass is 10.0. The molecule has 6 nitrogen and oxygen atoms in total. The van der Waals surface area contributed by atoms with Gasteiger partial charge in [0.15, 0.2) is 0 Å². The molecule has 1 aliphatic carbocycles. The van der Waals surface area contributed by atoms with Gasteiger partial charge in [0.05, 0.1) is 11.9 Å². The summed E-state index contributed by atoms with van der Waals surface area (Å²) < 4.78 is 4.15. The van der Waals surface area contributed by atoms with Crippen molar-refractivity contribution in [1.29, 1.82) is 0 Å². The summed E-state index contributed by atoms with van der Waals surface area (Å²) in [6.45, 7) is 2.73. The molecule has 6 heteroatoms. The third kappa shape index (κ3) is 4.05. The molecule has 32 heavy (non-hydrogen) atoms. The van der Waals surface area contributed by atoms with Crippen molar-refractivity contribution in [2.24, 2.45) is 13.0 Å². The zero-order chi connectivity index (χ0) is 22.1. The number of hydrogen-bond acceptors (Lipinski definition) is 3. The molecule has 1 saturated carbocycles. The van der Waals surface area contributed by atoms with Crippen LogP contribution < -0.4 is 5.32 Å². The SMILES string of the molecule is CCC(=O)N[C@H]1CC[C@@H](Cn2nncc2-c2ccc(-c3ccc4c(ccn4C)c3)cc2)C1. The highest BCUT2D eigenvalue weighted by atomic mass is 16.1. The zero-order valence-electron chi connectivity index (χ0n) is 18.7. The number of rotatable bonds is 6. The third-order valence-electron chi connectivity index (χ3n) is 6.68. The predicted octanol–water partition coefficient (Wildman–Crippen LogP) is 4.80. The van der Waals surface area contributed by atoms with Gasteiger partial charge in [0, 0.05) is 48.7 Å². The Morgan fingerprint density at radius 2 is 1.84 bits per heavy atom. The molecule has 0 aliphatic heterocycles. The summed E-state index contributed by atoms with van der Waals surface area (Å²) in [5, 5.41) is 12.9. The highest BCUT2D eigenvalue weighted by molar-refractivity contribution is 5.86. The molecule has 5 rings (SSSR count). The Kier molecular flexibility index (Phi) is 5.52. The number of amides is 1. The number of benzene rings is 2. The Morgan fingerprint density at radius 1 is 1.06 bits per heavy atom. The molecular formula is C26H29N5O. The molecule has 1 amide bonds. The average molecular weight is 428 g/mol. The number of carbonyl (C=O) groups is 1. The van der Waals surface area contributed by atoms with Crippen molar-refractivity contribution in [3.05, 3.63) is 60.9 Å². The maximum absolute atomic E-state index is 11.7. The maximum atomic E-state index is 11.7. The van der Waals surface area contributed by atoms with E-state index >= 15 is 0 Å². The largest absolute Gasteiger partial charge is 0.353 e. The summed E-state index contributed by atoms with van der Waals surface area (Å²) in [6, 6.07) is 17.7. The molecule has 164 valence electrons. The van der Waals surface area contributed by atoms with E-state index in [1.807, 2.05) is 17.8 Å². The maximum Gasteiger partial charge on any atom is 0.219 e. The topological polar surface area (TPSA) is 64.7 Å². The van der Waals surface area contributed by atoms with Gasteiger partial charge >= 0.3 is 0 Å². The second kappa shape index (κ2) is 8.61. The normalized spacial score (nSPS) is 18.3. The quantitative estimate of drug-likeness (QED) is 0.481. The molecule has 1 fully saturated rings. The van der Waals surface area contributed by atoms with Gasteiger partial charge in [-0.3, -0.25) is 4.79 Å². The smallest absolute Gasteiger partial charge is 0.219 e. The molecule has 2 heterocycles. The summed E-state index contributed by atoms with van der Waals surface area (Å²) in [6.07, 6.45) is 7.64. The van der Waals surface area contributed by atoms with Gasteiger partial charge in [-0.15, -0.1) is 5.10 Å². The van der Waals surface area contributed by atoms with Crippen LogP contribution in [-0.4, -0.2) is 31.5 Å². The van der Waals surface area contributed by atoms with Gasteiger partial charge in [0.1, 0.15) is 0 Å². The number of aromatic nitrogens is 4. The van der Waals surface area contributed by atoms with Gasteiger partial charge in [-0.2, -0.15) is 0 Å². The Labute approximate surface area is 188 Å². The molecule has 0 spiro atoms. The van der Waals surface area contributed by atoms with E-state index in [9.17, 15) is 4.79 Å². The van der Waals surface area contributed by atoms with E-state index in [-0.39, 0.29) is 5.91 Å². The minimum absolute atomic E-state index is 0.142. The standard InChI is InChI=1S/C26H29N5O/c1-3-26(32)28-23-10-4-18(14-23)17-31-25(16-27-29-31)20-7-5-19(6-8-20)21-9-11-24-22(15-21)12-13-30(24)2/h5-9,11-13,15-16,18,23H,3-4,10,14,17H2,1-2H3,(H,28,32)/t18-,23+/m1/s1. The fraction of sp³-hybridized carbons (Fsp3) is 0.346. The molecule has 0 saturated heterocycles. The van der Waals surface area contributed by atoms with Crippen LogP contribution in [-0.2, 0) is 18.4 Å². The first-order valence-corrected chi connectivity index (χ1v) is 11.4. The summed E-state index contributed by atoms with van der Waals surface area (Å²) in [5.41, 5.74) is 5.81. The molecule has 2 aromatic heterocycles. The van der Waals surface area contributed by atoms with Crippen molar-refractivity contribution in [3.63, 3.8) is 0 Å². The Morgan fingerprint density at radius 3 is 2.66 bits per heavy atom. The first-order chi connectivity index (χ1) is 15.6. The average Bonchev–Trinajstić information content (AvgIpc) is 3.55. The molecule has 4 aromatic rings.